The van der Waals surface area contributed by atoms with Crippen molar-refractivity contribution >= 4 is 0 Å². The van der Waals surface area contributed by atoms with E-state index >= 15 is 0 Å². The lowest BCUT2D eigenvalue weighted by atomic mass is 10.2. The summed E-state index contributed by atoms with van der Waals surface area (Å²) in [5.41, 5.74) is 2.33. The summed E-state index contributed by atoms with van der Waals surface area (Å²) >= 11 is 0. The highest BCUT2D eigenvalue weighted by Crippen LogP contribution is 2.19. The van der Waals surface area contributed by atoms with Crippen molar-refractivity contribution < 1.29 is 4.74 Å². The van der Waals surface area contributed by atoms with Gasteiger partial charge in [0.15, 0.2) is 0 Å². The molecule has 1 fully saturated rings. The predicted molar refractivity (Wildman–Crippen MR) is 74.2 cm³/mol. The maximum Gasteiger partial charge on any atom is 0.119 e. The van der Waals surface area contributed by atoms with Gasteiger partial charge >= 0.3 is 0 Å². The summed E-state index contributed by atoms with van der Waals surface area (Å²) in [6, 6.07) is 8.86. The summed E-state index contributed by atoms with van der Waals surface area (Å²) in [5.74, 6) is 0.897. The molecule has 0 saturated heterocycles. The van der Waals surface area contributed by atoms with E-state index in [-0.39, 0.29) is 0 Å². The highest BCUT2D eigenvalue weighted by Gasteiger charge is 2.20. The molecule has 0 unspecified atom stereocenters. The molecule has 0 aliphatic heterocycles. The molecule has 100 valence electrons. The van der Waals surface area contributed by atoms with Crippen molar-refractivity contribution in [2.75, 3.05) is 7.11 Å². The zero-order valence-electron chi connectivity index (χ0n) is 11.2. The molecular weight excluding hydrogens is 238 g/mol. The second-order valence-electron chi connectivity index (χ2n) is 5.04. The molecule has 1 aromatic carbocycles. The van der Waals surface area contributed by atoms with Crippen LogP contribution in [0.1, 0.15) is 24.1 Å². The second kappa shape index (κ2) is 5.45. The van der Waals surface area contributed by atoms with Gasteiger partial charge in [-0.2, -0.15) is 0 Å². The first-order valence-electron chi connectivity index (χ1n) is 6.70. The fourth-order valence-electron chi connectivity index (χ4n) is 2.10. The van der Waals surface area contributed by atoms with Crippen LogP contribution in [0.15, 0.2) is 36.8 Å². The molecule has 1 aromatic heterocycles. The molecule has 0 amide bonds. The monoisotopic (exact) mass is 257 g/mol. The van der Waals surface area contributed by atoms with Gasteiger partial charge in [0.1, 0.15) is 5.75 Å². The number of hydrogen-bond donors (Lipinski definition) is 1. The van der Waals surface area contributed by atoms with E-state index in [1.807, 2.05) is 18.5 Å². The van der Waals surface area contributed by atoms with Crippen LogP contribution in [0.25, 0.3) is 0 Å². The van der Waals surface area contributed by atoms with Crippen molar-refractivity contribution in [3.8, 4) is 5.75 Å². The number of rotatable bonds is 6. The lowest BCUT2D eigenvalue weighted by molar-refractivity contribution is 0.414. The van der Waals surface area contributed by atoms with Crippen LogP contribution in [0.2, 0.25) is 0 Å². The van der Waals surface area contributed by atoms with Crippen molar-refractivity contribution in [2.45, 2.75) is 32.0 Å². The summed E-state index contributed by atoms with van der Waals surface area (Å²) in [7, 11) is 1.69. The molecule has 1 saturated carbocycles. The fourth-order valence-corrected chi connectivity index (χ4v) is 2.10. The Kier molecular flexibility index (Phi) is 3.51. The number of nitrogens with one attached hydrogen (secondary N) is 1. The molecule has 1 heterocycles. The average molecular weight is 257 g/mol. The van der Waals surface area contributed by atoms with E-state index in [0.717, 1.165) is 30.6 Å². The van der Waals surface area contributed by atoms with Crippen molar-refractivity contribution in [2.24, 2.45) is 0 Å². The van der Waals surface area contributed by atoms with E-state index in [2.05, 4.69) is 33.2 Å². The van der Waals surface area contributed by atoms with Crippen molar-refractivity contribution in [1.29, 1.82) is 0 Å². The summed E-state index contributed by atoms with van der Waals surface area (Å²) in [6.45, 7) is 1.70. The predicted octanol–water partition coefficient (Wildman–Crippen LogP) is 2.19. The molecule has 1 N–H and O–H groups in total. The van der Waals surface area contributed by atoms with E-state index in [1.54, 1.807) is 7.11 Å². The van der Waals surface area contributed by atoms with Gasteiger partial charge in [-0.1, -0.05) is 12.1 Å². The van der Waals surface area contributed by atoms with E-state index in [9.17, 15) is 0 Å². The number of imidazole rings is 1. The number of methoxy groups -OCH3 is 1. The van der Waals surface area contributed by atoms with Gasteiger partial charge in [-0.3, -0.25) is 0 Å². The first-order chi connectivity index (χ1) is 9.33. The Hall–Kier alpha value is -1.81. The Morgan fingerprint density at radius 2 is 2.32 bits per heavy atom. The number of nitrogens with zero attached hydrogens (tertiary/aromatic N) is 2. The minimum absolute atomic E-state index is 0.725. The first-order valence-corrected chi connectivity index (χ1v) is 6.70. The molecule has 0 atom stereocenters. The molecule has 2 aromatic rings. The van der Waals surface area contributed by atoms with Crippen molar-refractivity contribution in [1.82, 2.24) is 14.9 Å². The third kappa shape index (κ3) is 3.35. The molecule has 1 aliphatic rings. The van der Waals surface area contributed by atoms with Crippen molar-refractivity contribution in [3.63, 3.8) is 0 Å². The number of hydrogen-bond acceptors (Lipinski definition) is 3. The van der Waals surface area contributed by atoms with Gasteiger partial charge in [0.2, 0.25) is 0 Å². The minimum atomic E-state index is 0.725. The maximum absolute atomic E-state index is 5.23. The van der Waals surface area contributed by atoms with E-state index in [1.165, 1.54) is 18.4 Å². The third-order valence-electron chi connectivity index (χ3n) is 3.34. The van der Waals surface area contributed by atoms with Gasteiger partial charge in [0, 0.05) is 25.3 Å². The summed E-state index contributed by atoms with van der Waals surface area (Å²) in [6.07, 6.45) is 6.62. The highest BCUT2D eigenvalue weighted by molar-refractivity contribution is 5.28. The van der Waals surface area contributed by atoms with Crippen LogP contribution in [0.5, 0.6) is 5.75 Å². The van der Waals surface area contributed by atoms with Crippen LogP contribution >= 0.6 is 0 Å². The van der Waals surface area contributed by atoms with Crippen LogP contribution in [0.3, 0.4) is 0 Å². The van der Waals surface area contributed by atoms with E-state index in [0.29, 0.717) is 0 Å². The molecule has 4 nitrogen and oxygen atoms in total. The Morgan fingerprint density at radius 3 is 3.11 bits per heavy atom. The molecule has 19 heavy (non-hydrogen) atoms. The normalized spacial score (nSPS) is 14.6. The zero-order chi connectivity index (χ0) is 13.1. The van der Waals surface area contributed by atoms with Crippen LogP contribution < -0.4 is 10.1 Å². The second-order valence-corrected chi connectivity index (χ2v) is 5.04. The third-order valence-corrected chi connectivity index (χ3v) is 3.34. The average Bonchev–Trinajstić information content (AvgIpc) is 3.17. The fraction of sp³-hybridized carbons (Fsp3) is 0.400. The molecule has 1 aliphatic carbocycles. The van der Waals surface area contributed by atoms with Crippen LogP contribution in [-0.4, -0.2) is 22.7 Å². The SMILES string of the molecule is COc1cccc(Cn2cnc(CNC3CC3)c2)c1. The topological polar surface area (TPSA) is 39.1 Å². The molecule has 0 bridgehead atoms. The Bertz CT molecular complexity index is 546. The van der Waals surface area contributed by atoms with Crippen LogP contribution in [-0.2, 0) is 13.1 Å². The summed E-state index contributed by atoms with van der Waals surface area (Å²) < 4.78 is 7.34. The van der Waals surface area contributed by atoms with Crippen LogP contribution in [0, 0.1) is 0 Å². The van der Waals surface area contributed by atoms with E-state index in [4.69, 9.17) is 4.74 Å². The molecule has 0 spiro atoms. The largest absolute Gasteiger partial charge is 0.497 e. The standard InChI is InChI=1S/C15H19N3O/c1-19-15-4-2-3-12(7-15)9-18-10-14(17-11-18)8-16-13-5-6-13/h2-4,7,10-11,13,16H,5-6,8-9H2,1H3. The van der Waals surface area contributed by atoms with Crippen LogP contribution in [0.4, 0.5) is 0 Å². The van der Waals surface area contributed by atoms with Gasteiger partial charge < -0.3 is 14.6 Å². The first kappa shape index (κ1) is 12.2. The van der Waals surface area contributed by atoms with Gasteiger partial charge in [-0.05, 0) is 30.5 Å². The quantitative estimate of drug-likeness (QED) is 0.862. The number of benzene rings is 1. The van der Waals surface area contributed by atoms with Crippen molar-refractivity contribution in [3.05, 3.63) is 48.0 Å². The minimum Gasteiger partial charge on any atom is -0.497 e. The molecular formula is C15H19N3O. The van der Waals surface area contributed by atoms with E-state index < -0.39 is 0 Å². The Labute approximate surface area is 113 Å². The summed E-state index contributed by atoms with van der Waals surface area (Å²) in [4.78, 5) is 4.42. The van der Waals surface area contributed by atoms with Gasteiger partial charge in [0.25, 0.3) is 0 Å². The summed E-state index contributed by atoms with van der Waals surface area (Å²) in [5, 5.41) is 3.47. The number of aromatic nitrogens is 2. The maximum atomic E-state index is 5.23. The molecule has 3 rings (SSSR count). The zero-order valence-corrected chi connectivity index (χ0v) is 11.2. The lowest BCUT2D eigenvalue weighted by Gasteiger charge is -2.05. The lowest BCUT2D eigenvalue weighted by Crippen LogP contribution is -2.15. The molecule has 4 heteroatoms. The van der Waals surface area contributed by atoms with Gasteiger partial charge in [0.05, 0.1) is 19.1 Å². The number of ether oxygens (including phenoxy) is 1. The Balaban J connectivity index is 1.61. The smallest absolute Gasteiger partial charge is 0.119 e. The Morgan fingerprint density at radius 1 is 1.42 bits per heavy atom. The highest BCUT2D eigenvalue weighted by atomic mass is 16.5. The van der Waals surface area contributed by atoms with Gasteiger partial charge in [-0.15, -0.1) is 0 Å². The van der Waals surface area contributed by atoms with Gasteiger partial charge in [-0.25, -0.2) is 4.98 Å². The molecule has 0 radical (unpaired) electrons.